The first-order valence-electron chi connectivity index (χ1n) is 7.82. The minimum atomic E-state index is 0.385. The van der Waals surface area contributed by atoms with E-state index in [9.17, 15) is 0 Å². The SMILES string of the molecule is COCCOC1CCN(Cc2cnc(C(C)C)nc2)CC1. The van der Waals surface area contributed by atoms with Gasteiger partial charge in [0.1, 0.15) is 5.82 Å². The molecule has 0 aromatic carbocycles. The quantitative estimate of drug-likeness (QED) is 0.722. The molecule has 0 radical (unpaired) electrons. The average Bonchev–Trinajstić information content (AvgIpc) is 2.50. The molecular weight excluding hydrogens is 266 g/mol. The normalized spacial score (nSPS) is 17.5. The van der Waals surface area contributed by atoms with Gasteiger partial charge in [0.2, 0.25) is 0 Å². The smallest absolute Gasteiger partial charge is 0.130 e. The molecule has 118 valence electrons. The predicted octanol–water partition coefficient (Wildman–Crippen LogP) is 2.23. The number of rotatable bonds is 7. The Balaban J connectivity index is 1.73. The van der Waals surface area contributed by atoms with Crippen LogP contribution < -0.4 is 0 Å². The van der Waals surface area contributed by atoms with Crippen molar-refractivity contribution < 1.29 is 9.47 Å². The monoisotopic (exact) mass is 293 g/mol. The van der Waals surface area contributed by atoms with E-state index >= 15 is 0 Å². The number of piperidine rings is 1. The van der Waals surface area contributed by atoms with Gasteiger partial charge in [-0.05, 0) is 12.8 Å². The summed E-state index contributed by atoms with van der Waals surface area (Å²) < 4.78 is 10.8. The van der Waals surface area contributed by atoms with Crippen LogP contribution in [0.2, 0.25) is 0 Å². The van der Waals surface area contributed by atoms with Crippen molar-refractivity contribution in [3.63, 3.8) is 0 Å². The van der Waals surface area contributed by atoms with Crippen molar-refractivity contribution in [3.05, 3.63) is 23.8 Å². The molecule has 0 atom stereocenters. The van der Waals surface area contributed by atoms with Crippen molar-refractivity contribution >= 4 is 0 Å². The molecular formula is C16H27N3O2. The van der Waals surface area contributed by atoms with Gasteiger partial charge in [-0.1, -0.05) is 13.8 Å². The Morgan fingerprint density at radius 3 is 2.43 bits per heavy atom. The van der Waals surface area contributed by atoms with E-state index in [-0.39, 0.29) is 0 Å². The lowest BCUT2D eigenvalue weighted by molar-refractivity contribution is -0.0158. The maximum atomic E-state index is 5.79. The van der Waals surface area contributed by atoms with Crippen molar-refractivity contribution in [1.29, 1.82) is 0 Å². The summed E-state index contributed by atoms with van der Waals surface area (Å²) in [5.74, 6) is 1.31. The van der Waals surface area contributed by atoms with Gasteiger partial charge in [-0.3, -0.25) is 4.90 Å². The second kappa shape index (κ2) is 8.41. The second-order valence-corrected chi connectivity index (χ2v) is 5.94. The first kappa shape index (κ1) is 16.3. The molecule has 0 saturated carbocycles. The van der Waals surface area contributed by atoms with Gasteiger partial charge in [-0.15, -0.1) is 0 Å². The molecule has 2 heterocycles. The van der Waals surface area contributed by atoms with E-state index in [0.717, 1.165) is 38.3 Å². The highest BCUT2D eigenvalue weighted by Crippen LogP contribution is 2.16. The van der Waals surface area contributed by atoms with Crippen LogP contribution in [-0.2, 0) is 16.0 Å². The molecule has 0 aliphatic carbocycles. The van der Waals surface area contributed by atoms with Gasteiger partial charge in [-0.2, -0.15) is 0 Å². The number of ether oxygens (including phenoxy) is 2. The lowest BCUT2D eigenvalue weighted by Gasteiger charge is -2.31. The summed E-state index contributed by atoms with van der Waals surface area (Å²) in [6.45, 7) is 8.69. The maximum Gasteiger partial charge on any atom is 0.130 e. The summed E-state index contributed by atoms with van der Waals surface area (Å²) in [6, 6.07) is 0. The predicted molar refractivity (Wildman–Crippen MR) is 82.2 cm³/mol. The summed E-state index contributed by atoms with van der Waals surface area (Å²) in [5.41, 5.74) is 1.19. The molecule has 0 unspecified atom stereocenters. The maximum absolute atomic E-state index is 5.79. The first-order valence-corrected chi connectivity index (χ1v) is 7.82. The molecule has 5 nitrogen and oxygen atoms in total. The highest BCUT2D eigenvalue weighted by Gasteiger charge is 2.19. The third-order valence-electron chi connectivity index (χ3n) is 3.82. The van der Waals surface area contributed by atoms with Crippen LogP contribution in [0.15, 0.2) is 12.4 Å². The van der Waals surface area contributed by atoms with Crippen LogP contribution in [0.1, 0.15) is 44.0 Å². The Morgan fingerprint density at radius 1 is 1.19 bits per heavy atom. The van der Waals surface area contributed by atoms with E-state index in [1.54, 1.807) is 7.11 Å². The topological polar surface area (TPSA) is 47.5 Å². The molecule has 0 bridgehead atoms. The highest BCUT2D eigenvalue weighted by molar-refractivity contribution is 5.06. The fourth-order valence-electron chi connectivity index (χ4n) is 2.53. The summed E-state index contributed by atoms with van der Waals surface area (Å²) in [7, 11) is 1.71. The summed E-state index contributed by atoms with van der Waals surface area (Å²) in [4.78, 5) is 11.3. The molecule has 1 aromatic heterocycles. The third kappa shape index (κ3) is 5.34. The van der Waals surface area contributed by atoms with Gasteiger partial charge >= 0.3 is 0 Å². The van der Waals surface area contributed by atoms with Crippen LogP contribution in [0.4, 0.5) is 0 Å². The highest BCUT2D eigenvalue weighted by atomic mass is 16.5. The molecule has 1 fully saturated rings. The third-order valence-corrected chi connectivity index (χ3v) is 3.82. The van der Waals surface area contributed by atoms with Gasteiger partial charge in [-0.25, -0.2) is 9.97 Å². The molecule has 0 N–H and O–H groups in total. The molecule has 1 aliphatic rings. The van der Waals surface area contributed by atoms with Crippen molar-refractivity contribution in [1.82, 2.24) is 14.9 Å². The summed E-state index contributed by atoms with van der Waals surface area (Å²) in [5, 5.41) is 0. The molecule has 0 spiro atoms. The molecule has 2 rings (SSSR count). The minimum Gasteiger partial charge on any atom is -0.382 e. The van der Waals surface area contributed by atoms with Crippen LogP contribution in [0.5, 0.6) is 0 Å². The molecule has 1 saturated heterocycles. The molecule has 1 aromatic rings. The van der Waals surface area contributed by atoms with Gasteiger partial charge < -0.3 is 9.47 Å². The summed E-state index contributed by atoms with van der Waals surface area (Å²) >= 11 is 0. The van der Waals surface area contributed by atoms with Crippen LogP contribution in [-0.4, -0.2) is 54.4 Å². The fraction of sp³-hybridized carbons (Fsp3) is 0.750. The number of aromatic nitrogens is 2. The summed E-state index contributed by atoms with van der Waals surface area (Å²) in [6.07, 6.45) is 6.49. The lowest BCUT2D eigenvalue weighted by Crippen LogP contribution is -2.37. The van der Waals surface area contributed by atoms with Gasteiger partial charge in [0, 0.05) is 50.6 Å². The zero-order valence-electron chi connectivity index (χ0n) is 13.4. The van der Waals surface area contributed by atoms with E-state index < -0.39 is 0 Å². The van der Waals surface area contributed by atoms with Gasteiger partial charge in [0.25, 0.3) is 0 Å². The van der Waals surface area contributed by atoms with Gasteiger partial charge in [0.15, 0.2) is 0 Å². The van der Waals surface area contributed by atoms with E-state index in [1.807, 2.05) is 12.4 Å². The van der Waals surface area contributed by atoms with Crippen molar-refractivity contribution in [2.75, 3.05) is 33.4 Å². The zero-order chi connectivity index (χ0) is 15.1. The Kier molecular flexibility index (Phi) is 6.54. The Hall–Kier alpha value is -1.04. The molecule has 21 heavy (non-hydrogen) atoms. The number of hydrogen-bond donors (Lipinski definition) is 0. The first-order chi connectivity index (χ1) is 10.2. The van der Waals surface area contributed by atoms with E-state index in [0.29, 0.717) is 25.2 Å². The largest absolute Gasteiger partial charge is 0.382 e. The fourth-order valence-corrected chi connectivity index (χ4v) is 2.53. The van der Waals surface area contributed by atoms with Crippen LogP contribution in [0.25, 0.3) is 0 Å². The molecule has 1 aliphatic heterocycles. The van der Waals surface area contributed by atoms with Crippen molar-refractivity contribution in [2.24, 2.45) is 0 Å². The Labute approximate surface area is 127 Å². The lowest BCUT2D eigenvalue weighted by atomic mass is 10.1. The standard InChI is InChI=1S/C16H27N3O2/c1-13(2)16-17-10-14(11-18-16)12-19-6-4-15(5-7-19)21-9-8-20-3/h10-11,13,15H,4-9,12H2,1-3H3. The number of hydrogen-bond acceptors (Lipinski definition) is 5. The van der Waals surface area contributed by atoms with Gasteiger partial charge in [0.05, 0.1) is 19.3 Å². The average molecular weight is 293 g/mol. The van der Waals surface area contributed by atoms with E-state index in [2.05, 4.69) is 28.7 Å². The van der Waals surface area contributed by atoms with Crippen molar-refractivity contribution in [2.45, 2.75) is 45.3 Å². The van der Waals surface area contributed by atoms with E-state index in [1.165, 1.54) is 5.56 Å². The number of methoxy groups -OCH3 is 1. The molecule has 0 amide bonds. The number of nitrogens with zero attached hydrogens (tertiary/aromatic N) is 3. The van der Waals surface area contributed by atoms with E-state index in [4.69, 9.17) is 9.47 Å². The Bertz CT molecular complexity index is 400. The van der Waals surface area contributed by atoms with Crippen LogP contribution in [0.3, 0.4) is 0 Å². The van der Waals surface area contributed by atoms with Crippen LogP contribution >= 0.6 is 0 Å². The molecule has 5 heteroatoms. The van der Waals surface area contributed by atoms with Crippen LogP contribution in [0, 0.1) is 0 Å². The van der Waals surface area contributed by atoms with Crippen molar-refractivity contribution in [3.8, 4) is 0 Å². The zero-order valence-corrected chi connectivity index (χ0v) is 13.4. The second-order valence-electron chi connectivity index (χ2n) is 5.94. The Morgan fingerprint density at radius 2 is 1.86 bits per heavy atom. The number of likely N-dealkylation sites (tertiary alicyclic amines) is 1. The minimum absolute atomic E-state index is 0.385.